The van der Waals surface area contributed by atoms with Crippen LogP contribution in [0.25, 0.3) is 43.1 Å². The van der Waals surface area contributed by atoms with Gasteiger partial charge >= 0.3 is 7.82 Å². The van der Waals surface area contributed by atoms with Crippen molar-refractivity contribution in [1.29, 1.82) is 0 Å². The maximum Gasteiger partial charge on any atom is 0.473 e. The average Bonchev–Trinajstić information content (AvgIpc) is 3.25. The van der Waals surface area contributed by atoms with E-state index >= 15 is 0 Å². The van der Waals surface area contributed by atoms with E-state index < -0.39 is 25.6 Å². The second-order valence-corrected chi connectivity index (χ2v) is 12.3. The fraction of sp³-hybridized carbons (Fsp3) is 0.355. The molecular weight excluding hydrogens is 499 g/mol. The third kappa shape index (κ3) is 4.60. The largest absolute Gasteiger partial charge is 0.473 e. The maximum absolute atomic E-state index is 12.8. The van der Waals surface area contributed by atoms with Gasteiger partial charge in [-0.3, -0.25) is 9.05 Å². The summed E-state index contributed by atoms with van der Waals surface area (Å²) in [5.41, 5.74) is 0.211. The Morgan fingerprint density at radius 2 is 1.50 bits per heavy atom. The zero-order chi connectivity index (χ0) is 26.7. The molecule has 6 rings (SSSR count). The minimum Gasteiger partial charge on any atom is -0.379 e. The lowest BCUT2D eigenvalue weighted by molar-refractivity contribution is -0.0470. The van der Waals surface area contributed by atoms with Gasteiger partial charge in [0, 0.05) is 13.0 Å². The molecule has 0 bridgehead atoms. The number of ether oxygens (including phenoxy) is 2. The Kier molecular flexibility index (Phi) is 6.47. The van der Waals surface area contributed by atoms with Crippen LogP contribution in [0.15, 0.2) is 66.7 Å². The first kappa shape index (κ1) is 25.7. The first-order valence-electron chi connectivity index (χ1n) is 13.2. The first-order chi connectivity index (χ1) is 18.1. The van der Waals surface area contributed by atoms with Crippen molar-refractivity contribution in [3.8, 4) is 0 Å². The molecule has 5 aromatic carbocycles. The number of hydrogen-bond donors (Lipinski definition) is 1. The molecule has 1 fully saturated rings. The fourth-order valence-corrected chi connectivity index (χ4v) is 7.20. The zero-order valence-corrected chi connectivity index (χ0v) is 23.0. The molecule has 0 saturated carbocycles. The van der Waals surface area contributed by atoms with E-state index in [-0.39, 0.29) is 12.7 Å². The van der Waals surface area contributed by atoms with Crippen LogP contribution in [0, 0.1) is 0 Å². The van der Waals surface area contributed by atoms with Crippen LogP contribution in [0.1, 0.15) is 45.8 Å². The normalized spacial score (nSPS) is 22.2. The number of benzene rings is 5. The zero-order valence-electron chi connectivity index (χ0n) is 22.1. The Labute approximate surface area is 222 Å². The highest BCUT2D eigenvalue weighted by Crippen LogP contribution is 2.52. The van der Waals surface area contributed by atoms with Crippen molar-refractivity contribution in [1.82, 2.24) is 0 Å². The van der Waals surface area contributed by atoms with Crippen molar-refractivity contribution < 1.29 is 28.0 Å². The van der Waals surface area contributed by atoms with Gasteiger partial charge in [0.1, 0.15) is 12.2 Å². The molecule has 0 amide bonds. The van der Waals surface area contributed by atoms with Crippen molar-refractivity contribution in [3.05, 3.63) is 72.3 Å². The number of rotatable bonds is 7. The van der Waals surface area contributed by atoms with Crippen LogP contribution in [0.4, 0.5) is 0 Å². The van der Waals surface area contributed by atoms with Gasteiger partial charge in [0.2, 0.25) is 0 Å². The SMILES string of the molecule is CCOC[C@H]1O[C@@H](c2ccc3c4cccc5cccc(c6cccc2c63)c54)CC1OP(=O)(O)OC(C)(C)C. The van der Waals surface area contributed by atoms with Gasteiger partial charge in [-0.15, -0.1) is 0 Å². The number of fused-ring (bicyclic) bond motifs is 2. The molecule has 1 saturated heterocycles. The number of hydrogen-bond acceptors (Lipinski definition) is 5. The van der Waals surface area contributed by atoms with E-state index in [0.29, 0.717) is 13.0 Å². The van der Waals surface area contributed by atoms with Gasteiger partial charge < -0.3 is 14.4 Å². The van der Waals surface area contributed by atoms with Crippen molar-refractivity contribution in [3.63, 3.8) is 0 Å². The minimum absolute atomic E-state index is 0.268. The predicted octanol–water partition coefficient (Wildman–Crippen LogP) is 7.90. The summed E-state index contributed by atoms with van der Waals surface area (Å²) >= 11 is 0. The van der Waals surface area contributed by atoms with E-state index in [1.54, 1.807) is 20.8 Å². The van der Waals surface area contributed by atoms with Gasteiger partial charge in [-0.05, 0) is 76.3 Å². The van der Waals surface area contributed by atoms with Crippen molar-refractivity contribution in [2.45, 2.75) is 58.0 Å². The van der Waals surface area contributed by atoms with Gasteiger partial charge in [-0.25, -0.2) is 4.57 Å². The smallest absolute Gasteiger partial charge is 0.379 e. The Morgan fingerprint density at radius 1 is 0.895 bits per heavy atom. The Hall–Kier alpha value is -2.57. The summed E-state index contributed by atoms with van der Waals surface area (Å²) in [7, 11) is -4.31. The summed E-state index contributed by atoms with van der Waals surface area (Å²) in [6.07, 6.45) is -1.05. The summed E-state index contributed by atoms with van der Waals surface area (Å²) < 4.78 is 36.0. The molecule has 1 aliphatic heterocycles. The third-order valence-electron chi connectivity index (χ3n) is 7.25. The molecule has 6 nitrogen and oxygen atoms in total. The highest BCUT2D eigenvalue weighted by molar-refractivity contribution is 7.47. The van der Waals surface area contributed by atoms with Gasteiger partial charge in [0.25, 0.3) is 0 Å². The van der Waals surface area contributed by atoms with E-state index in [1.165, 1.54) is 37.7 Å². The molecule has 1 N–H and O–H groups in total. The second-order valence-electron chi connectivity index (χ2n) is 11.0. The molecular formula is C31H33O6P. The molecule has 198 valence electrons. The van der Waals surface area contributed by atoms with Crippen molar-refractivity contribution in [2.24, 2.45) is 0 Å². The summed E-state index contributed by atoms with van der Waals surface area (Å²) in [5.74, 6) is 0. The Morgan fingerprint density at radius 3 is 2.16 bits per heavy atom. The van der Waals surface area contributed by atoms with Crippen LogP contribution in [-0.2, 0) is 23.1 Å². The van der Waals surface area contributed by atoms with Gasteiger partial charge in [0.05, 0.1) is 18.3 Å². The highest BCUT2D eigenvalue weighted by atomic mass is 31.2. The van der Waals surface area contributed by atoms with Gasteiger partial charge in [-0.1, -0.05) is 66.7 Å². The highest BCUT2D eigenvalue weighted by Gasteiger charge is 2.43. The monoisotopic (exact) mass is 532 g/mol. The topological polar surface area (TPSA) is 74.2 Å². The van der Waals surface area contributed by atoms with Gasteiger partial charge in [0.15, 0.2) is 0 Å². The van der Waals surface area contributed by atoms with Crippen molar-refractivity contribution in [2.75, 3.05) is 13.2 Å². The molecule has 7 heteroatoms. The molecule has 0 spiro atoms. The van der Waals surface area contributed by atoms with Crippen LogP contribution in [0.5, 0.6) is 0 Å². The molecule has 1 heterocycles. The quantitative estimate of drug-likeness (QED) is 0.130. The molecule has 5 aromatic rings. The van der Waals surface area contributed by atoms with E-state index in [4.69, 9.17) is 18.5 Å². The number of phosphoric ester groups is 1. The molecule has 0 radical (unpaired) electrons. The molecule has 4 atom stereocenters. The Bertz CT molecular complexity index is 1620. The molecule has 1 aliphatic rings. The van der Waals surface area contributed by atoms with E-state index in [0.717, 1.165) is 10.9 Å². The lowest BCUT2D eigenvalue weighted by atomic mass is 9.87. The molecule has 0 aliphatic carbocycles. The third-order valence-corrected chi connectivity index (χ3v) is 8.57. The second kappa shape index (κ2) is 9.56. The standard InChI is InChI=1S/C31H33O6P/c1-5-34-18-28-27(36-38(32,33)37-31(2,3)4)17-26(35-28)20-15-16-25-23-12-7-10-19-9-6-11-22(29(19)23)24-14-8-13-21(20)30(24)25/h6-16,26-28H,5,17-18H2,1-4H3,(H,32,33)/t26-,27?,28-/m1/s1. The summed E-state index contributed by atoms with van der Waals surface area (Å²) in [5, 5.41) is 9.71. The van der Waals surface area contributed by atoms with E-state index in [1.807, 2.05) is 6.92 Å². The first-order valence-corrected chi connectivity index (χ1v) is 14.7. The van der Waals surface area contributed by atoms with Crippen LogP contribution in [0.2, 0.25) is 0 Å². The maximum atomic E-state index is 12.8. The van der Waals surface area contributed by atoms with Crippen LogP contribution in [0.3, 0.4) is 0 Å². The summed E-state index contributed by atoms with van der Waals surface area (Å²) in [6.45, 7) is 7.85. The average molecular weight is 533 g/mol. The van der Waals surface area contributed by atoms with Crippen molar-refractivity contribution >= 4 is 50.9 Å². The summed E-state index contributed by atoms with van der Waals surface area (Å²) in [6, 6.07) is 23.7. The number of phosphoric acid groups is 1. The lowest BCUT2D eigenvalue weighted by Gasteiger charge is -2.26. The predicted molar refractivity (Wildman–Crippen MR) is 152 cm³/mol. The molecule has 2 unspecified atom stereocenters. The van der Waals surface area contributed by atoms with E-state index in [2.05, 4.69) is 66.7 Å². The molecule has 38 heavy (non-hydrogen) atoms. The summed E-state index contributed by atoms with van der Waals surface area (Å²) in [4.78, 5) is 10.5. The van der Waals surface area contributed by atoms with E-state index in [9.17, 15) is 9.46 Å². The van der Waals surface area contributed by atoms with Crippen LogP contribution < -0.4 is 0 Å². The fourth-order valence-electron chi connectivity index (χ4n) is 5.90. The van der Waals surface area contributed by atoms with Crippen LogP contribution in [-0.4, -0.2) is 35.9 Å². The minimum atomic E-state index is -4.31. The van der Waals surface area contributed by atoms with Gasteiger partial charge in [-0.2, -0.15) is 0 Å². The lowest BCUT2D eigenvalue weighted by Crippen LogP contribution is -2.29. The molecule has 0 aromatic heterocycles. The Balaban J connectivity index is 1.44. The van der Waals surface area contributed by atoms with Crippen LogP contribution >= 0.6 is 7.82 Å².